The van der Waals surface area contributed by atoms with Crippen LogP contribution in [0.15, 0.2) is 0 Å². The molecule has 0 bridgehead atoms. The number of hydrogen-bond acceptors (Lipinski definition) is 5. The number of aliphatic hydroxyl groups excluding tert-OH is 2. The molecule has 0 aliphatic heterocycles. The van der Waals surface area contributed by atoms with Gasteiger partial charge in [-0.05, 0) is 12.8 Å². The van der Waals surface area contributed by atoms with E-state index < -0.39 is 11.9 Å². The predicted octanol–water partition coefficient (Wildman–Crippen LogP) is -0.333. The van der Waals surface area contributed by atoms with Gasteiger partial charge in [-0.25, -0.2) is 0 Å². The molecule has 0 saturated carbocycles. The maximum Gasteiger partial charge on any atom is 0.303 e. The van der Waals surface area contributed by atoms with E-state index in [-0.39, 0.29) is 26.1 Å². The van der Waals surface area contributed by atoms with Gasteiger partial charge in [-0.2, -0.15) is 0 Å². The van der Waals surface area contributed by atoms with Crippen molar-refractivity contribution in [3.8, 4) is 0 Å². The number of unbranched alkanes of at least 4 members (excludes halogenated alkanes) is 2. The Kier molecular flexibility index (Phi) is 16.8. The summed E-state index contributed by atoms with van der Waals surface area (Å²) in [6.45, 7) is 1.42. The largest absolute Gasteiger partial charge is 0.481 e. The molecule has 0 aliphatic carbocycles. The molecule has 0 aliphatic rings. The molecule has 108 valence electrons. The Morgan fingerprint density at radius 1 is 0.778 bits per heavy atom. The molecule has 0 saturated heterocycles. The zero-order valence-electron chi connectivity index (χ0n) is 10.5. The van der Waals surface area contributed by atoms with Gasteiger partial charge in [0.1, 0.15) is 0 Å². The number of carboxylic acid groups (broad SMARTS) is 2. The van der Waals surface area contributed by atoms with Gasteiger partial charge < -0.3 is 25.7 Å². The van der Waals surface area contributed by atoms with Crippen molar-refractivity contribution in [1.29, 1.82) is 0 Å². The minimum Gasteiger partial charge on any atom is -0.481 e. The lowest BCUT2D eigenvalue weighted by molar-refractivity contribution is -0.137. The highest BCUT2D eigenvalue weighted by Crippen LogP contribution is 2.02. The van der Waals surface area contributed by atoms with Crippen molar-refractivity contribution in [2.75, 3.05) is 26.3 Å². The topological polar surface area (TPSA) is 127 Å². The van der Waals surface area contributed by atoms with Crippen LogP contribution in [0, 0.1) is 0 Å². The van der Waals surface area contributed by atoms with Gasteiger partial charge in [-0.15, -0.1) is 0 Å². The maximum atomic E-state index is 9.98. The van der Waals surface area contributed by atoms with Crippen molar-refractivity contribution in [3.63, 3.8) is 0 Å². The molecular weight excluding hydrogens is 242 g/mol. The standard InChI is InChI=1S/C7H12O4.C4H11NO2/c8-6(9)4-2-1-3-5-7(10)11;6-3-1-5-2-4-7/h1-5H2,(H,8,9)(H,10,11);5-7H,1-4H2. The number of carboxylic acids is 2. The third kappa shape index (κ3) is 24.2. The molecule has 7 heteroatoms. The summed E-state index contributed by atoms with van der Waals surface area (Å²) in [7, 11) is 0. The zero-order chi connectivity index (χ0) is 14.2. The molecular formula is C11H23NO6. The lowest BCUT2D eigenvalue weighted by Crippen LogP contribution is -2.21. The van der Waals surface area contributed by atoms with Gasteiger partial charge in [0.15, 0.2) is 0 Å². The first kappa shape index (κ1) is 19.2. The van der Waals surface area contributed by atoms with Crippen molar-refractivity contribution in [1.82, 2.24) is 5.32 Å². The molecule has 0 radical (unpaired) electrons. The van der Waals surface area contributed by atoms with Crippen LogP contribution in [0.25, 0.3) is 0 Å². The minimum absolute atomic E-state index is 0.139. The number of nitrogens with one attached hydrogen (secondary N) is 1. The smallest absolute Gasteiger partial charge is 0.303 e. The van der Waals surface area contributed by atoms with Crippen LogP contribution in [0.1, 0.15) is 32.1 Å². The average molecular weight is 265 g/mol. The zero-order valence-corrected chi connectivity index (χ0v) is 10.5. The molecule has 0 spiro atoms. The molecule has 0 unspecified atom stereocenters. The average Bonchev–Trinajstić information content (AvgIpc) is 2.29. The minimum atomic E-state index is -0.819. The first-order valence-corrected chi connectivity index (χ1v) is 5.90. The Bertz CT molecular complexity index is 190. The van der Waals surface area contributed by atoms with E-state index in [1.807, 2.05) is 0 Å². The summed E-state index contributed by atoms with van der Waals surface area (Å²) in [5, 5.41) is 35.5. The number of hydrogen-bond donors (Lipinski definition) is 5. The van der Waals surface area contributed by atoms with E-state index in [0.717, 1.165) is 0 Å². The van der Waals surface area contributed by atoms with Gasteiger partial charge >= 0.3 is 11.9 Å². The van der Waals surface area contributed by atoms with Gasteiger partial charge in [0.05, 0.1) is 13.2 Å². The number of rotatable bonds is 10. The fourth-order valence-corrected chi connectivity index (χ4v) is 1.01. The lowest BCUT2D eigenvalue weighted by Gasteiger charge is -1.94. The molecule has 0 aromatic rings. The number of carbonyl (C=O) groups is 2. The highest BCUT2D eigenvalue weighted by Gasteiger charge is 1.98. The van der Waals surface area contributed by atoms with Gasteiger partial charge in [-0.3, -0.25) is 9.59 Å². The van der Waals surface area contributed by atoms with Crippen LogP contribution in [-0.4, -0.2) is 58.7 Å². The van der Waals surface area contributed by atoms with Crippen LogP contribution in [0.3, 0.4) is 0 Å². The Morgan fingerprint density at radius 3 is 1.44 bits per heavy atom. The van der Waals surface area contributed by atoms with Crippen molar-refractivity contribution in [3.05, 3.63) is 0 Å². The third-order valence-electron chi connectivity index (χ3n) is 1.86. The van der Waals surface area contributed by atoms with Crippen LogP contribution < -0.4 is 5.32 Å². The van der Waals surface area contributed by atoms with E-state index in [2.05, 4.69) is 5.32 Å². The summed E-state index contributed by atoms with van der Waals surface area (Å²) in [4.78, 5) is 20.0. The fourth-order valence-electron chi connectivity index (χ4n) is 1.01. The number of aliphatic hydroxyl groups is 2. The van der Waals surface area contributed by atoms with E-state index in [1.165, 1.54) is 0 Å². The van der Waals surface area contributed by atoms with Crippen LogP contribution in [0.2, 0.25) is 0 Å². The van der Waals surface area contributed by atoms with Crippen LogP contribution in [-0.2, 0) is 9.59 Å². The summed E-state index contributed by atoms with van der Waals surface area (Å²) >= 11 is 0. The molecule has 0 fully saturated rings. The lowest BCUT2D eigenvalue weighted by atomic mass is 10.1. The first-order valence-electron chi connectivity index (χ1n) is 5.90. The Hall–Kier alpha value is -1.18. The van der Waals surface area contributed by atoms with E-state index in [0.29, 0.717) is 32.4 Å². The SMILES string of the molecule is O=C(O)CCCCCC(=O)O.OCCNCCO. The second-order valence-electron chi connectivity index (χ2n) is 3.55. The highest BCUT2D eigenvalue weighted by atomic mass is 16.4. The molecule has 0 heterocycles. The monoisotopic (exact) mass is 265 g/mol. The van der Waals surface area contributed by atoms with E-state index in [4.69, 9.17) is 20.4 Å². The van der Waals surface area contributed by atoms with E-state index >= 15 is 0 Å². The highest BCUT2D eigenvalue weighted by molar-refractivity contribution is 5.67. The molecule has 0 amide bonds. The predicted molar refractivity (Wildman–Crippen MR) is 65.4 cm³/mol. The molecule has 18 heavy (non-hydrogen) atoms. The molecule has 0 rings (SSSR count). The van der Waals surface area contributed by atoms with Crippen molar-refractivity contribution in [2.45, 2.75) is 32.1 Å². The third-order valence-corrected chi connectivity index (χ3v) is 1.86. The summed E-state index contributed by atoms with van der Waals surface area (Å²) in [6.07, 6.45) is 2.10. The summed E-state index contributed by atoms with van der Waals surface area (Å²) in [5.74, 6) is -1.64. The molecule has 0 aromatic heterocycles. The molecule has 0 aromatic carbocycles. The second kappa shape index (κ2) is 15.8. The first-order chi connectivity index (χ1) is 8.54. The Labute approximate surface area is 106 Å². The Balaban J connectivity index is 0. The molecule has 5 N–H and O–H groups in total. The van der Waals surface area contributed by atoms with Crippen molar-refractivity contribution < 1.29 is 30.0 Å². The van der Waals surface area contributed by atoms with Crippen LogP contribution in [0.4, 0.5) is 0 Å². The van der Waals surface area contributed by atoms with E-state index in [9.17, 15) is 9.59 Å². The van der Waals surface area contributed by atoms with Crippen LogP contribution in [0.5, 0.6) is 0 Å². The van der Waals surface area contributed by atoms with Gasteiger partial charge in [0.2, 0.25) is 0 Å². The molecule has 0 atom stereocenters. The van der Waals surface area contributed by atoms with Crippen LogP contribution >= 0.6 is 0 Å². The normalized spacial score (nSPS) is 9.44. The molecule has 7 nitrogen and oxygen atoms in total. The quantitative estimate of drug-likeness (QED) is 0.342. The van der Waals surface area contributed by atoms with E-state index in [1.54, 1.807) is 0 Å². The number of aliphatic carboxylic acids is 2. The van der Waals surface area contributed by atoms with Crippen molar-refractivity contribution in [2.24, 2.45) is 0 Å². The summed E-state index contributed by atoms with van der Waals surface area (Å²) in [6, 6.07) is 0. The Morgan fingerprint density at radius 2 is 1.17 bits per heavy atom. The second-order valence-corrected chi connectivity index (χ2v) is 3.55. The van der Waals surface area contributed by atoms with Crippen molar-refractivity contribution >= 4 is 11.9 Å². The fraction of sp³-hybridized carbons (Fsp3) is 0.818. The van der Waals surface area contributed by atoms with Gasteiger partial charge in [0.25, 0.3) is 0 Å². The van der Waals surface area contributed by atoms with Gasteiger partial charge in [0, 0.05) is 25.9 Å². The van der Waals surface area contributed by atoms with Gasteiger partial charge in [-0.1, -0.05) is 6.42 Å². The summed E-state index contributed by atoms with van der Waals surface area (Å²) in [5.41, 5.74) is 0. The maximum absolute atomic E-state index is 9.98. The summed E-state index contributed by atoms with van der Waals surface area (Å²) < 4.78 is 0.